The highest BCUT2D eigenvalue weighted by Crippen LogP contribution is 2.25. The van der Waals surface area contributed by atoms with Crippen LogP contribution in [0.3, 0.4) is 0 Å². The van der Waals surface area contributed by atoms with E-state index in [1.807, 2.05) is 48.5 Å². The fraction of sp³-hybridized carbons (Fsp3) is 0.268. The number of carbonyl (C=O) groups excluding carboxylic acids is 2. The Morgan fingerprint density at radius 1 is 0.444 bits per heavy atom. The minimum absolute atomic E-state index is 0.386. The summed E-state index contributed by atoms with van der Waals surface area (Å²) in [7, 11) is 0. The first kappa shape index (κ1) is 33.2. The Morgan fingerprint density at radius 3 is 1.00 bits per heavy atom. The molecule has 0 saturated heterocycles. The van der Waals surface area contributed by atoms with E-state index in [0.717, 1.165) is 35.1 Å². The molecular formula is C41H44O4. The molecule has 0 bridgehead atoms. The van der Waals surface area contributed by atoms with Crippen molar-refractivity contribution in [3.8, 4) is 33.8 Å². The Bertz CT molecular complexity index is 1440. The third kappa shape index (κ3) is 10.8. The van der Waals surface area contributed by atoms with Crippen molar-refractivity contribution in [3.05, 3.63) is 132 Å². The molecule has 0 unspecified atom stereocenters. The van der Waals surface area contributed by atoms with Gasteiger partial charge in [-0.3, -0.25) is 0 Å². The predicted molar refractivity (Wildman–Crippen MR) is 184 cm³/mol. The lowest BCUT2D eigenvalue weighted by Gasteiger charge is -2.08. The number of hydrogen-bond donors (Lipinski definition) is 0. The molecule has 0 heterocycles. The first-order valence-electron chi connectivity index (χ1n) is 15.9. The fourth-order valence-corrected chi connectivity index (χ4v) is 5.09. The van der Waals surface area contributed by atoms with Gasteiger partial charge >= 0.3 is 11.9 Å². The Labute approximate surface area is 268 Å². The molecule has 0 atom stereocenters. The molecule has 0 saturated carbocycles. The van der Waals surface area contributed by atoms with E-state index in [4.69, 9.17) is 9.47 Å². The number of hydrogen-bond acceptors (Lipinski definition) is 4. The summed E-state index contributed by atoms with van der Waals surface area (Å²) < 4.78 is 10.6. The highest BCUT2D eigenvalue weighted by atomic mass is 16.5. The summed E-state index contributed by atoms with van der Waals surface area (Å²) in [6.45, 7) is 10.5. The molecule has 4 rings (SSSR count). The summed E-state index contributed by atoms with van der Waals surface area (Å²) in [6.07, 6.45) is 11.1. The molecule has 0 radical (unpaired) electrons. The molecule has 0 aliphatic rings. The van der Waals surface area contributed by atoms with E-state index < -0.39 is 11.9 Å². The number of aryl methyl sites for hydroxylation is 2. The second-order valence-corrected chi connectivity index (χ2v) is 11.8. The first-order chi connectivity index (χ1) is 21.8. The topological polar surface area (TPSA) is 52.6 Å². The van der Waals surface area contributed by atoms with Crippen molar-refractivity contribution in [2.45, 2.75) is 71.6 Å². The van der Waals surface area contributed by atoms with Crippen LogP contribution in [0.15, 0.2) is 121 Å². The van der Waals surface area contributed by atoms with Crippen molar-refractivity contribution in [1.82, 2.24) is 0 Å². The average Bonchev–Trinajstić information content (AvgIpc) is 3.05. The number of rotatable bonds is 16. The van der Waals surface area contributed by atoms with Gasteiger partial charge in [0.2, 0.25) is 0 Å². The van der Waals surface area contributed by atoms with Crippen LogP contribution in [0.5, 0.6) is 11.5 Å². The maximum atomic E-state index is 11.7. The molecule has 0 spiro atoms. The van der Waals surface area contributed by atoms with Gasteiger partial charge < -0.3 is 9.47 Å². The van der Waals surface area contributed by atoms with Gasteiger partial charge in [0.25, 0.3) is 0 Å². The lowest BCUT2D eigenvalue weighted by molar-refractivity contribution is -0.130. The molecule has 232 valence electrons. The third-order valence-electron chi connectivity index (χ3n) is 7.83. The van der Waals surface area contributed by atoms with Crippen LogP contribution < -0.4 is 9.47 Å². The zero-order chi connectivity index (χ0) is 32.0. The number of benzene rings is 4. The molecule has 0 fully saturated rings. The summed E-state index contributed by atoms with van der Waals surface area (Å²) in [4.78, 5) is 23.4. The van der Waals surface area contributed by atoms with Gasteiger partial charge in [-0.25, -0.2) is 9.59 Å². The van der Waals surface area contributed by atoms with E-state index in [-0.39, 0.29) is 0 Å². The van der Waals surface area contributed by atoms with Gasteiger partial charge in [0.15, 0.2) is 0 Å². The quantitative estimate of drug-likeness (QED) is 0.0556. The molecule has 0 amide bonds. The lowest BCUT2D eigenvalue weighted by Crippen LogP contribution is -2.07. The molecule has 0 N–H and O–H groups in total. The maximum absolute atomic E-state index is 11.7. The highest BCUT2D eigenvalue weighted by Gasteiger charge is 2.07. The van der Waals surface area contributed by atoms with Crippen LogP contribution in [0.2, 0.25) is 0 Å². The number of carbonyl (C=O) groups is 2. The molecule has 4 heteroatoms. The summed E-state index contributed by atoms with van der Waals surface area (Å²) in [5.41, 5.74) is 8.02. The molecule has 0 aromatic heterocycles. The fourth-order valence-electron chi connectivity index (χ4n) is 5.09. The van der Waals surface area contributed by atoms with Crippen LogP contribution in [0.25, 0.3) is 22.3 Å². The number of esters is 2. The Balaban J connectivity index is 1.07. The average molecular weight is 601 g/mol. The number of unbranched alkanes of at least 4 members (excludes halogenated alkanes) is 6. The predicted octanol–water partition coefficient (Wildman–Crippen LogP) is 10.5. The smallest absolute Gasteiger partial charge is 0.338 e. The number of ether oxygens (including phenoxy) is 2. The van der Waals surface area contributed by atoms with E-state index >= 15 is 0 Å². The van der Waals surface area contributed by atoms with Crippen LogP contribution >= 0.6 is 0 Å². The van der Waals surface area contributed by atoms with E-state index in [0.29, 0.717) is 22.6 Å². The molecular weight excluding hydrogens is 556 g/mol. The zero-order valence-electron chi connectivity index (χ0n) is 26.6. The van der Waals surface area contributed by atoms with Crippen molar-refractivity contribution in [2.24, 2.45) is 0 Å². The molecule has 0 aliphatic heterocycles. The second-order valence-electron chi connectivity index (χ2n) is 11.8. The van der Waals surface area contributed by atoms with Crippen molar-refractivity contribution < 1.29 is 19.1 Å². The summed E-state index contributed by atoms with van der Waals surface area (Å²) >= 11 is 0. The summed E-state index contributed by atoms with van der Waals surface area (Å²) in [5, 5.41) is 0. The summed E-state index contributed by atoms with van der Waals surface area (Å²) in [6, 6.07) is 32.7. The van der Waals surface area contributed by atoms with Gasteiger partial charge in [0.1, 0.15) is 11.5 Å². The minimum Gasteiger partial charge on any atom is -0.423 e. The van der Waals surface area contributed by atoms with Crippen LogP contribution in [0, 0.1) is 0 Å². The molecule has 4 aromatic rings. The van der Waals surface area contributed by atoms with Crippen LogP contribution in [0.1, 0.15) is 69.9 Å². The van der Waals surface area contributed by atoms with Gasteiger partial charge in [-0.2, -0.15) is 0 Å². The normalized spacial score (nSPS) is 10.7. The SMILES string of the molecule is C=C(C)C(=O)Oc1ccc(-c2ccc(CCCCCCCCCc3ccc(-c4ccc(OC(=O)C(=C)C)cc4)cc3)cc2)cc1. The minimum atomic E-state index is -0.405. The molecule has 0 aliphatic carbocycles. The van der Waals surface area contributed by atoms with E-state index in [1.165, 1.54) is 56.1 Å². The largest absolute Gasteiger partial charge is 0.423 e. The van der Waals surface area contributed by atoms with Crippen molar-refractivity contribution in [2.75, 3.05) is 0 Å². The zero-order valence-corrected chi connectivity index (χ0v) is 26.6. The van der Waals surface area contributed by atoms with Crippen molar-refractivity contribution in [1.29, 1.82) is 0 Å². The van der Waals surface area contributed by atoms with Crippen molar-refractivity contribution in [3.63, 3.8) is 0 Å². The van der Waals surface area contributed by atoms with Crippen LogP contribution in [0.4, 0.5) is 0 Å². The monoisotopic (exact) mass is 600 g/mol. The van der Waals surface area contributed by atoms with Gasteiger partial charge in [-0.05, 0) is 97.2 Å². The van der Waals surface area contributed by atoms with Crippen LogP contribution in [-0.2, 0) is 22.4 Å². The van der Waals surface area contributed by atoms with Gasteiger partial charge in [0, 0.05) is 11.1 Å². The Morgan fingerprint density at radius 2 is 0.711 bits per heavy atom. The second kappa shape index (κ2) is 17.0. The lowest BCUT2D eigenvalue weighted by atomic mass is 9.99. The van der Waals surface area contributed by atoms with Gasteiger partial charge in [0.05, 0.1) is 0 Å². The Kier molecular flexibility index (Phi) is 12.5. The molecule has 4 nitrogen and oxygen atoms in total. The Hall–Kier alpha value is -4.70. The molecule has 45 heavy (non-hydrogen) atoms. The van der Waals surface area contributed by atoms with E-state index in [1.54, 1.807) is 13.8 Å². The summed E-state index contributed by atoms with van der Waals surface area (Å²) in [5.74, 6) is 0.247. The first-order valence-corrected chi connectivity index (χ1v) is 15.9. The standard InChI is InChI=1S/C41H44O4/c1-30(2)40(42)44-38-26-22-36(23-27-38)34-18-14-32(15-19-34)12-10-8-6-5-7-9-11-13-33-16-20-35(21-17-33)37-24-28-39(29-25-37)45-41(43)31(3)4/h14-29H,1,3,5-13H2,2,4H3. The van der Waals surface area contributed by atoms with E-state index in [9.17, 15) is 9.59 Å². The maximum Gasteiger partial charge on any atom is 0.338 e. The molecule has 4 aromatic carbocycles. The van der Waals surface area contributed by atoms with Gasteiger partial charge in [-0.15, -0.1) is 0 Å². The van der Waals surface area contributed by atoms with E-state index in [2.05, 4.69) is 61.7 Å². The van der Waals surface area contributed by atoms with Crippen LogP contribution in [-0.4, -0.2) is 11.9 Å². The van der Waals surface area contributed by atoms with Gasteiger partial charge in [-0.1, -0.05) is 118 Å². The van der Waals surface area contributed by atoms with Crippen molar-refractivity contribution >= 4 is 11.9 Å². The highest BCUT2D eigenvalue weighted by molar-refractivity contribution is 5.89. The third-order valence-corrected chi connectivity index (χ3v) is 7.83.